The lowest BCUT2D eigenvalue weighted by Crippen LogP contribution is -2.17. The summed E-state index contributed by atoms with van der Waals surface area (Å²) in [7, 11) is -1.35. The summed E-state index contributed by atoms with van der Waals surface area (Å²) in [6.07, 6.45) is 2.14. The SMILES string of the molecule is CCC(Cl)CC[Si](C)(C)Cl. The Hall–Kier alpha value is 0.797. The van der Waals surface area contributed by atoms with Crippen LogP contribution >= 0.6 is 22.7 Å². The molecule has 1 atom stereocenters. The molecule has 0 aliphatic heterocycles. The van der Waals surface area contributed by atoms with Crippen molar-refractivity contribution in [2.75, 3.05) is 0 Å². The second-order valence-corrected chi connectivity index (χ2v) is 10.9. The van der Waals surface area contributed by atoms with Gasteiger partial charge in [-0.25, -0.2) is 0 Å². The van der Waals surface area contributed by atoms with Gasteiger partial charge in [0.2, 0.25) is 0 Å². The van der Waals surface area contributed by atoms with Gasteiger partial charge in [0.1, 0.15) is 0 Å². The molecule has 0 saturated heterocycles. The predicted octanol–water partition coefficient (Wildman–Crippen LogP) is 3.84. The van der Waals surface area contributed by atoms with Crippen LogP contribution in [0.3, 0.4) is 0 Å². The first-order valence-electron chi connectivity index (χ1n) is 3.78. The third kappa shape index (κ3) is 6.91. The Bertz CT molecular complexity index is 88.1. The summed E-state index contributed by atoms with van der Waals surface area (Å²) >= 11 is 12.0. The Labute approximate surface area is 74.6 Å². The van der Waals surface area contributed by atoms with E-state index >= 15 is 0 Å². The Morgan fingerprint density at radius 1 is 1.40 bits per heavy atom. The topological polar surface area (TPSA) is 0 Å². The number of rotatable bonds is 4. The molecule has 0 saturated carbocycles. The zero-order valence-electron chi connectivity index (χ0n) is 6.95. The van der Waals surface area contributed by atoms with E-state index in [1.807, 2.05) is 0 Å². The van der Waals surface area contributed by atoms with E-state index in [1.54, 1.807) is 0 Å². The molecule has 0 aromatic rings. The largest absolute Gasteiger partial charge is 0.168 e. The van der Waals surface area contributed by atoms with Crippen molar-refractivity contribution in [2.24, 2.45) is 0 Å². The lowest BCUT2D eigenvalue weighted by molar-refractivity contribution is 0.775. The molecule has 0 fully saturated rings. The molecule has 0 radical (unpaired) electrons. The molecule has 62 valence electrons. The molecular weight excluding hydrogens is 183 g/mol. The van der Waals surface area contributed by atoms with E-state index in [4.69, 9.17) is 22.7 Å². The summed E-state index contributed by atoms with van der Waals surface area (Å²) in [5, 5.41) is 0.338. The van der Waals surface area contributed by atoms with Crippen LogP contribution in [-0.4, -0.2) is 12.8 Å². The van der Waals surface area contributed by atoms with E-state index in [0.717, 1.165) is 18.9 Å². The Kier molecular flexibility index (Phi) is 5.00. The zero-order valence-corrected chi connectivity index (χ0v) is 9.47. The molecule has 0 amide bonds. The number of alkyl halides is 1. The third-order valence-corrected chi connectivity index (χ3v) is 4.07. The van der Waals surface area contributed by atoms with Crippen molar-refractivity contribution in [1.82, 2.24) is 0 Å². The molecule has 0 aliphatic carbocycles. The Morgan fingerprint density at radius 3 is 2.20 bits per heavy atom. The molecule has 0 spiro atoms. The van der Waals surface area contributed by atoms with Gasteiger partial charge in [-0.15, -0.1) is 11.6 Å². The van der Waals surface area contributed by atoms with Gasteiger partial charge < -0.3 is 0 Å². The van der Waals surface area contributed by atoms with E-state index in [9.17, 15) is 0 Å². The van der Waals surface area contributed by atoms with Crippen LogP contribution in [0.5, 0.6) is 0 Å². The van der Waals surface area contributed by atoms with Gasteiger partial charge in [0.25, 0.3) is 0 Å². The lowest BCUT2D eigenvalue weighted by atomic mass is 10.3. The van der Waals surface area contributed by atoms with Crippen molar-refractivity contribution in [3.05, 3.63) is 0 Å². The van der Waals surface area contributed by atoms with Gasteiger partial charge in [-0.1, -0.05) is 20.0 Å². The molecule has 0 aromatic heterocycles. The first-order chi connectivity index (χ1) is 4.45. The maximum absolute atomic E-state index is 6.11. The second kappa shape index (κ2) is 4.63. The molecule has 1 unspecified atom stereocenters. The first kappa shape index (κ1) is 10.8. The van der Waals surface area contributed by atoms with Gasteiger partial charge >= 0.3 is 0 Å². The standard InChI is InChI=1S/C7H16Cl2Si/c1-4-7(8)5-6-10(2,3)9/h7H,4-6H2,1-3H3. The van der Waals surface area contributed by atoms with Crippen LogP contribution in [-0.2, 0) is 0 Å². The van der Waals surface area contributed by atoms with Crippen LogP contribution in [0.4, 0.5) is 0 Å². The predicted molar refractivity (Wildman–Crippen MR) is 52.7 cm³/mol. The Morgan fingerprint density at radius 2 is 1.90 bits per heavy atom. The van der Waals surface area contributed by atoms with E-state index in [1.165, 1.54) is 0 Å². The minimum atomic E-state index is -1.35. The minimum absolute atomic E-state index is 0.338. The fourth-order valence-corrected chi connectivity index (χ4v) is 2.36. The van der Waals surface area contributed by atoms with Crippen LogP contribution in [0.15, 0.2) is 0 Å². The van der Waals surface area contributed by atoms with Gasteiger partial charge in [-0.2, -0.15) is 11.1 Å². The zero-order chi connectivity index (χ0) is 8.20. The highest BCUT2D eigenvalue weighted by molar-refractivity contribution is 7.19. The van der Waals surface area contributed by atoms with E-state index in [2.05, 4.69) is 20.0 Å². The molecule has 0 aromatic carbocycles. The van der Waals surface area contributed by atoms with Gasteiger partial charge in [-0.3, -0.25) is 0 Å². The number of hydrogen-bond acceptors (Lipinski definition) is 0. The van der Waals surface area contributed by atoms with Gasteiger partial charge in [0.15, 0.2) is 7.38 Å². The van der Waals surface area contributed by atoms with E-state index in [0.29, 0.717) is 5.38 Å². The smallest absolute Gasteiger partial charge is 0.150 e. The summed E-state index contributed by atoms with van der Waals surface area (Å²) < 4.78 is 0. The molecule has 0 nitrogen and oxygen atoms in total. The van der Waals surface area contributed by atoms with E-state index in [-0.39, 0.29) is 0 Å². The summed E-state index contributed by atoms with van der Waals surface area (Å²) in [5.41, 5.74) is 0. The van der Waals surface area contributed by atoms with Crippen LogP contribution in [0, 0.1) is 0 Å². The molecule has 0 heterocycles. The van der Waals surface area contributed by atoms with E-state index < -0.39 is 7.38 Å². The van der Waals surface area contributed by atoms with Crippen molar-refractivity contribution >= 4 is 30.1 Å². The minimum Gasteiger partial charge on any atom is -0.168 e. The normalized spacial score (nSPS) is 15.3. The molecular formula is C7H16Cl2Si. The van der Waals surface area contributed by atoms with Crippen molar-refractivity contribution in [3.8, 4) is 0 Å². The third-order valence-electron chi connectivity index (χ3n) is 1.50. The lowest BCUT2D eigenvalue weighted by Gasteiger charge is -2.14. The van der Waals surface area contributed by atoms with Crippen LogP contribution in [0.2, 0.25) is 19.1 Å². The maximum atomic E-state index is 6.11. The molecule has 0 bridgehead atoms. The van der Waals surface area contributed by atoms with Crippen molar-refractivity contribution in [2.45, 2.75) is 44.3 Å². The molecule has 0 rings (SSSR count). The van der Waals surface area contributed by atoms with Crippen LogP contribution in [0.25, 0.3) is 0 Å². The summed E-state index contributed by atoms with van der Waals surface area (Å²) in [6.45, 7) is 6.43. The van der Waals surface area contributed by atoms with Gasteiger partial charge in [0, 0.05) is 5.38 Å². The average molecular weight is 199 g/mol. The molecule has 0 aliphatic rings. The molecule has 10 heavy (non-hydrogen) atoms. The van der Waals surface area contributed by atoms with Crippen molar-refractivity contribution in [1.29, 1.82) is 0 Å². The molecule has 0 N–H and O–H groups in total. The number of halogens is 2. The average Bonchev–Trinajstić information content (AvgIpc) is 1.81. The second-order valence-electron chi connectivity index (χ2n) is 3.26. The first-order valence-corrected chi connectivity index (χ1v) is 8.44. The maximum Gasteiger partial charge on any atom is 0.150 e. The quantitative estimate of drug-likeness (QED) is 0.366. The summed E-state index contributed by atoms with van der Waals surface area (Å²) in [6, 6.07) is 1.14. The highest BCUT2D eigenvalue weighted by atomic mass is 35.6. The summed E-state index contributed by atoms with van der Waals surface area (Å²) in [4.78, 5) is 0. The summed E-state index contributed by atoms with van der Waals surface area (Å²) in [5.74, 6) is 0. The van der Waals surface area contributed by atoms with Crippen molar-refractivity contribution in [3.63, 3.8) is 0 Å². The molecule has 3 heteroatoms. The Balaban J connectivity index is 3.36. The fraction of sp³-hybridized carbons (Fsp3) is 1.00. The van der Waals surface area contributed by atoms with Crippen LogP contribution < -0.4 is 0 Å². The van der Waals surface area contributed by atoms with Crippen LogP contribution in [0.1, 0.15) is 19.8 Å². The van der Waals surface area contributed by atoms with Gasteiger partial charge in [-0.05, 0) is 18.9 Å². The monoisotopic (exact) mass is 198 g/mol. The number of hydrogen-bond donors (Lipinski definition) is 0. The highest BCUT2D eigenvalue weighted by Crippen LogP contribution is 2.20. The highest BCUT2D eigenvalue weighted by Gasteiger charge is 2.17. The van der Waals surface area contributed by atoms with Crippen molar-refractivity contribution < 1.29 is 0 Å². The fourth-order valence-electron chi connectivity index (χ4n) is 0.704. The van der Waals surface area contributed by atoms with Gasteiger partial charge in [0.05, 0.1) is 0 Å².